The molecular weight excluding hydrogens is 288 g/mol. The molecule has 3 aliphatic rings. The van der Waals surface area contributed by atoms with Gasteiger partial charge in [0.15, 0.2) is 0 Å². The van der Waals surface area contributed by atoms with Gasteiger partial charge in [-0.3, -0.25) is 4.79 Å². The van der Waals surface area contributed by atoms with Crippen LogP contribution >= 0.6 is 0 Å². The first-order valence-electron chi connectivity index (χ1n) is 9.37. The summed E-state index contributed by atoms with van der Waals surface area (Å²) in [5.74, 6) is 0.0990. The molecule has 3 fully saturated rings. The molecule has 1 aliphatic heterocycles. The first-order valence-corrected chi connectivity index (χ1v) is 9.37. The van der Waals surface area contributed by atoms with E-state index in [2.05, 4.69) is 16.1 Å². The van der Waals surface area contributed by atoms with E-state index in [-0.39, 0.29) is 17.6 Å². The van der Waals surface area contributed by atoms with Crippen molar-refractivity contribution >= 4 is 5.91 Å². The average Bonchev–Trinajstić information content (AvgIpc) is 3.28. The van der Waals surface area contributed by atoms with Crippen molar-refractivity contribution < 1.29 is 9.53 Å². The Morgan fingerprint density at radius 3 is 2.74 bits per heavy atom. The predicted molar refractivity (Wildman–Crippen MR) is 89.6 cm³/mol. The van der Waals surface area contributed by atoms with Gasteiger partial charge in [-0.2, -0.15) is 0 Å². The Labute approximate surface area is 138 Å². The Kier molecular flexibility index (Phi) is 4.18. The molecule has 1 amide bonds. The van der Waals surface area contributed by atoms with Gasteiger partial charge >= 0.3 is 0 Å². The Morgan fingerprint density at radius 2 is 1.96 bits per heavy atom. The number of ether oxygens (including phenoxy) is 1. The monoisotopic (exact) mass is 316 g/mol. The third-order valence-electron chi connectivity index (χ3n) is 6.07. The van der Waals surface area contributed by atoms with Crippen LogP contribution in [0.2, 0.25) is 0 Å². The number of rotatable bonds is 3. The van der Waals surface area contributed by atoms with Crippen LogP contribution in [-0.4, -0.2) is 28.7 Å². The third kappa shape index (κ3) is 3.06. The zero-order valence-electron chi connectivity index (χ0n) is 13.9. The lowest BCUT2D eigenvalue weighted by Crippen LogP contribution is -2.47. The molecule has 0 bridgehead atoms. The summed E-state index contributed by atoms with van der Waals surface area (Å²) in [5.41, 5.74) is 0.896. The first-order chi connectivity index (χ1) is 11.3. The topological polar surface area (TPSA) is 43.3 Å². The van der Waals surface area contributed by atoms with Crippen molar-refractivity contribution in [1.82, 2.24) is 9.88 Å². The minimum atomic E-state index is 0.0592. The molecule has 0 radical (unpaired) electrons. The molecule has 1 spiro atoms. The van der Waals surface area contributed by atoms with Crippen molar-refractivity contribution in [1.29, 1.82) is 0 Å². The standard InChI is InChI=1S/C19H28N2O2/c22-18(17-8-5-12-21(17)16-6-1-2-7-16)20-15-9-13-23-19(14-15)10-3-4-11-19/h5,8,12,15-16H,1-4,6-7,9-11,13-14H2,(H,20,22). The van der Waals surface area contributed by atoms with E-state index in [9.17, 15) is 4.79 Å². The van der Waals surface area contributed by atoms with Crippen molar-refractivity contribution in [2.24, 2.45) is 0 Å². The van der Waals surface area contributed by atoms with Crippen LogP contribution in [0.1, 0.15) is 80.7 Å². The fraction of sp³-hybridized carbons (Fsp3) is 0.737. The van der Waals surface area contributed by atoms with Crippen molar-refractivity contribution in [2.75, 3.05) is 6.61 Å². The lowest BCUT2D eigenvalue weighted by molar-refractivity contribution is -0.0823. The molecule has 126 valence electrons. The second-order valence-corrected chi connectivity index (χ2v) is 7.64. The van der Waals surface area contributed by atoms with Crippen molar-refractivity contribution in [3.05, 3.63) is 24.0 Å². The minimum Gasteiger partial charge on any atom is -0.375 e. The van der Waals surface area contributed by atoms with Gasteiger partial charge in [0, 0.05) is 24.9 Å². The van der Waals surface area contributed by atoms with E-state index in [4.69, 9.17) is 4.74 Å². The van der Waals surface area contributed by atoms with Gasteiger partial charge in [0.2, 0.25) is 0 Å². The fourth-order valence-corrected chi connectivity index (χ4v) is 4.87. The summed E-state index contributed by atoms with van der Waals surface area (Å²) >= 11 is 0. The number of hydrogen-bond acceptors (Lipinski definition) is 2. The number of nitrogens with zero attached hydrogens (tertiary/aromatic N) is 1. The predicted octanol–water partition coefficient (Wildman–Crippen LogP) is 3.82. The molecule has 2 saturated carbocycles. The van der Waals surface area contributed by atoms with Crippen LogP contribution < -0.4 is 5.32 Å². The van der Waals surface area contributed by atoms with Crippen LogP contribution in [0.4, 0.5) is 0 Å². The van der Waals surface area contributed by atoms with Crippen LogP contribution in [0.15, 0.2) is 18.3 Å². The molecule has 1 unspecified atom stereocenters. The summed E-state index contributed by atoms with van der Waals surface area (Å²) in [6.45, 7) is 0.786. The number of amides is 1. The quantitative estimate of drug-likeness (QED) is 0.921. The van der Waals surface area contributed by atoms with Gasteiger partial charge in [-0.05, 0) is 50.7 Å². The SMILES string of the molecule is O=C(NC1CCOC2(CCCC2)C1)c1cccn1C1CCCC1. The van der Waals surface area contributed by atoms with E-state index in [0.29, 0.717) is 6.04 Å². The zero-order valence-corrected chi connectivity index (χ0v) is 13.9. The number of carbonyl (C=O) groups is 1. The van der Waals surface area contributed by atoms with E-state index in [1.165, 1.54) is 38.5 Å². The highest BCUT2D eigenvalue weighted by atomic mass is 16.5. The molecule has 2 heterocycles. The Bertz CT molecular complexity index is 553. The van der Waals surface area contributed by atoms with E-state index >= 15 is 0 Å². The average molecular weight is 316 g/mol. The van der Waals surface area contributed by atoms with Crippen LogP contribution in [0.5, 0.6) is 0 Å². The normalized spacial score (nSPS) is 27.6. The van der Waals surface area contributed by atoms with Crippen LogP contribution in [0.25, 0.3) is 0 Å². The fourth-order valence-electron chi connectivity index (χ4n) is 4.87. The number of nitrogens with one attached hydrogen (secondary N) is 1. The molecular formula is C19H28N2O2. The Morgan fingerprint density at radius 1 is 1.17 bits per heavy atom. The first kappa shape index (κ1) is 15.3. The maximum atomic E-state index is 12.8. The van der Waals surface area contributed by atoms with Gasteiger partial charge in [-0.25, -0.2) is 0 Å². The molecule has 1 aromatic heterocycles. The van der Waals surface area contributed by atoms with Crippen LogP contribution in [0, 0.1) is 0 Å². The van der Waals surface area contributed by atoms with Gasteiger partial charge in [0.1, 0.15) is 5.69 Å². The molecule has 1 N–H and O–H groups in total. The van der Waals surface area contributed by atoms with Crippen LogP contribution in [-0.2, 0) is 4.74 Å². The Hall–Kier alpha value is -1.29. The molecule has 23 heavy (non-hydrogen) atoms. The third-order valence-corrected chi connectivity index (χ3v) is 6.07. The van der Waals surface area contributed by atoms with Crippen LogP contribution in [0.3, 0.4) is 0 Å². The molecule has 4 heteroatoms. The maximum absolute atomic E-state index is 12.8. The second kappa shape index (κ2) is 6.31. The largest absolute Gasteiger partial charge is 0.375 e. The molecule has 4 rings (SSSR count). The summed E-state index contributed by atoms with van der Waals surface area (Å²) in [6.07, 6.45) is 13.9. The van der Waals surface area contributed by atoms with Gasteiger partial charge in [-0.15, -0.1) is 0 Å². The van der Waals surface area contributed by atoms with E-state index < -0.39 is 0 Å². The summed E-state index contributed by atoms with van der Waals surface area (Å²) in [6, 6.07) is 4.76. The highest BCUT2D eigenvalue weighted by Gasteiger charge is 2.40. The highest BCUT2D eigenvalue weighted by Crippen LogP contribution is 2.40. The highest BCUT2D eigenvalue weighted by molar-refractivity contribution is 5.93. The number of hydrogen-bond donors (Lipinski definition) is 1. The summed E-state index contributed by atoms with van der Waals surface area (Å²) in [7, 11) is 0. The van der Waals surface area contributed by atoms with Gasteiger partial charge < -0.3 is 14.6 Å². The van der Waals surface area contributed by atoms with Crippen molar-refractivity contribution in [2.45, 2.75) is 81.9 Å². The number of aromatic nitrogens is 1. The van der Waals surface area contributed by atoms with E-state index in [0.717, 1.165) is 38.0 Å². The molecule has 1 aromatic rings. The molecule has 1 atom stereocenters. The molecule has 2 aliphatic carbocycles. The minimum absolute atomic E-state index is 0.0592. The Balaban J connectivity index is 1.43. The lowest BCUT2D eigenvalue weighted by Gasteiger charge is -2.38. The smallest absolute Gasteiger partial charge is 0.268 e. The van der Waals surface area contributed by atoms with Gasteiger partial charge in [0.25, 0.3) is 5.91 Å². The molecule has 0 aromatic carbocycles. The summed E-state index contributed by atoms with van der Waals surface area (Å²) < 4.78 is 8.28. The van der Waals surface area contributed by atoms with Gasteiger partial charge in [0.05, 0.1) is 5.60 Å². The summed E-state index contributed by atoms with van der Waals surface area (Å²) in [5, 5.41) is 3.30. The zero-order chi connectivity index (χ0) is 15.7. The number of carbonyl (C=O) groups excluding carboxylic acids is 1. The summed E-state index contributed by atoms with van der Waals surface area (Å²) in [4.78, 5) is 12.8. The van der Waals surface area contributed by atoms with Crippen molar-refractivity contribution in [3.63, 3.8) is 0 Å². The van der Waals surface area contributed by atoms with E-state index in [1.54, 1.807) is 0 Å². The molecule has 1 saturated heterocycles. The van der Waals surface area contributed by atoms with Crippen molar-refractivity contribution in [3.8, 4) is 0 Å². The maximum Gasteiger partial charge on any atom is 0.268 e. The van der Waals surface area contributed by atoms with E-state index in [1.807, 2.05) is 12.1 Å². The molecule has 4 nitrogen and oxygen atoms in total. The second-order valence-electron chi connectivity index (χ2n) is 7.64. The lowest BCUT2D eigenvalue weighted by atomic mass is 9.89. The van der Waals surface area contributed by atoms with Gasteiger partial charge in [-0.1, -0.05) is 25.7 Å².